The van der Waals surface area contributed by atoms with Gasteiger partial charge in [0.2, 0.25) is 5.91 Å². The number of aromatic nitrogens is 2. The minimum Gasteiger partial charge on any atom is -0.396 e. The van der Waals surface area contributed by atoms with Gasteiger partial charge < -0.3 is 10.6 Å². The zero-order valence-electron chi connectivity index (χ0n) is 8.89. The molecule has 1 atom stereocenters. The van der Waals surface area contributed by atoms with Gasteiger partial charge in [-0.3, -0.25) is 9.48 Å². The Bertz CT molecular complexity index is 360. The number of amides is 1. The van der Waals surface area contributed by atoms with Crippen molar-refractivity contribution in [3.63, 3.8) is 0 Å². The highest BCUT2D eigenvalue weighted by atomic mass is 16.2. The number of nitrogens with zero attached hydrogens (tertiary/aromatic N) is 3. The van der Waals surface area contributed by atoms with E-state index in [0.29, 0.717) is 12.1 Å². The number of nitrogens with two attached hydrogens (primary N) is 1. The lowest BCUT2D eigenvalue weighted by molar-refractivity contribution is -0.134. The van der Waals surface area contributed by atoms with Crippen LogP contribution in [-0.4, -0.2) is 33.7 Å². The van der Waals surface area contributed by atoms with Crippen molar-refractivity contribution in [2.75, 3.05) is 18.8 Å². The summed E-state index contributed by atoms with van der Waals surface area (Å²) in [5.74, 6) is 0.211. The SMILES string of the molecule is CCN1CCC(n2cc(N)cn2)CC1=O. The predicted octanol–water partition coefficient (Wildman–Crippen LogP) is 0.649. The average Bonchev–Trinajstić information content (AvgIpc) is 2.65. The average molecular weight is 208 g/mol. The third-order valence-electron chi connectivity index (χ3n) is 2.87. The van der Waals surface area contributed by atoms with Crippen LogP contribution in [0.4, 0.5) is 5.69 Å². The maximum absolute atomic E-state index is 11.7. The van der Waals surface area contributed by atoms with E-state index >= 15 is 0 Å². The molecule has 1 saturated heterocycles. The molecule has 0 radical (unpaired) electrons. The van der Waals surface area contributed by atoms with Crippen molar-refractivity contribution in [3.05, 3.63) is 12.4 Å². The normalized spacial score (nSPS) is 22.1. The minimum absolute atomic E-state index is 0.178. The molecule has 2 heterocycles. The van der Waals surface area contributed by atoms with Crippen LogP contribution in [0, 0.1) is 0 Å². The Morgan fingerprint density at radius 3 is 3.00 bits per heavy atom. The van der Waals surface area contributed by atoms with E-state index in [1.54, 1.807) is 17.1 Å². The fourth-order valence-corrected chi connectivity index (χ4v) is 1.97. The van der Waals surface area contributed by atoms with Crippen LogP contribution in [0.15, 0.2) is 12.4 Å². The second kappa shape index (κ2) is 3.92. The fourth-order valence-electron chi connectivity index (χ4n) is 1.97. The summed E-state index contributed by atoms with van der Waals surface area (Å²) in [5, 5.41) is 4.15. The summed E-state index contributed by atoms with van der Waals surface area (Å²) in [4.78, 5) is 13.5. The largest absolute Gasteiger partial charge is 0.396 e. The fraction of sp³-hybridized carbons (Fsp3) is 0.600. The molecule has 1 aliphatic heterocycles. The van der Waals surface area contributed by atoms with Crippen LogP contribution in [0.1, 0.15) is 25.8 Å². The zero-order chi connectivity index (χ0) is 10.8. The molecule has 1 aliphatic rings. The topological polar surface area (TPSA) is 64.2 Å². The Hall–Kier alpha value is -1.52. The smallest absolute Gasteiger partial charge is 0.224 e. The van der Waals surface area contributed by atoms with Crippen molar-refractivity contribution in [3.8, 4) is 0 Å². The van der Waals surface area contributed by atoms with Crippen LogP contribution in [-0.2, 0) is 4.79 Å². The Kier molecular flexibility index (Phi) is 2.62. The molecule has 0 aliphatic carbocycles. The van der Waals surface area contributed by atoms with Gasteiger partial charge in [-0.1, -0.05) is 0 Å². The summed E-state index contributed by atoms with van der Waals surface area (Å²) in [5.41, 5.74) is 6.25. The molecule has 0 saturated carbocycles. The molecule has 0 bridgehead atoms. The van der Waals surface area contributed by atoms with Crippen molar-refractivity contribution in [2.45, 2.75) is 25.8 Å². The summed E-state index contributed by atoms with van der Waals surface area (Å²) in [6, 6.07) is 0.178. The monoisotopic (exact) mass is 208 g/mol. The van der Waals surface area contributed by atoms with E-state index in [2.05, 4.69) is 5.10 Å². The van der Waals surface area contributed by atoms with Crippen LogP contribution in [0.2, 0.25) is 0 Å². The van der Waals surface area contributed by atoms with Gasteiger partial charge in [0.05, 0.1) is 17.9 Å². The summed E-state index contributed by atoms with van der Waals surface area (Å²) in [7, 11) is 0. The van der Waals surface area contributed by atoms with Gasteiger partial charge in [-0.2, -0.15) is 5.10 Å². The first-order valence-electron chi connectivity index (χ1n) is 5.28. The maximum atomic E-state index is 11.7. The number of carbonyl (C=O) groups excluding carboxylic acids is 1. The van der Waals surface area contributed by atoms with Gasteiger partial charge in [-0.25, -0.2) is 0 Å². The quantitative estimate of drug-likeness (QED) is 0.776. The molecular weight excluding hydrogens is 192 g/mol. The van der Waals surface area contributed by atoms with Crippen LogP contribution in [0.5, 0.6) is 0 Å². The molecule has 1 aromatic rings. The van der Waals surface area contributed by atoms with E-state index < -0.39 is 0 Å². The molecule has 15 heavy (non-hydrogen) atoms. The van der Waals surface area contributed by atoms with Crippen molar-refractivity contribution in [1.82, 2.24) is 14.7 Å². The Balaban J connectivity index is 2.05. The number of piperidine rings is 1. The Morgan fingerprint density at radius 2 is 2.47 bits per heavy atom. The van der Waals surface area contributed by atoms with Gasteiger partial charge in [0.1, 0.15) is 0 Å². The number of likely N-dealkylation sites (tertiary alicyclic amines) is 1. The first-order chi connectivity index (χ1) is 7.20. The van der Waals surface area contributed by atoms with E-state index in [-0.39, 0.29) is 11.9 Å². The van der Waals surface area contributed by atoms with Gasteiger partial charge in [-0.15, -0.1) is 0 Å². The molecule has 1 amide bonds. The molecule has 82 valence electrons. The highest BCUT2D eigenvalue weighted by Crippen LogP contribution is 2.23. The summed E-state index contributed by atoms with van der Waals surface area (Å²) in [6.45, 7) is 3.62. The van der Waals surface area contributed by atoms with Crippen molar-refractivity contribution < 1.29 is 4.79 Å². The van der Waals surface area contributed by atoms with Crippen molar-refractivity contribution in [1.29, 1.82) is 0 Å². The molecule has 1 fully saturated rings. The van der Waals surface area contributed by atoms with Crippen LogP contribution >= 0.6 is 0 Å². The van der Waals surface area contributed by atoms with Gasteiger partial charge >= 0.3 is 0 Å². The number of anilines is 1. The lowest BCUT2D eigenvalue weighted by Crippen LogP contribution is -2.39. The zero-order valence-corrected chi connectivity index (χ0v) is 8.89. The summed E-state index contributed by atoms with van der Waals surface area (Å²) in [6.07, 6.45) is 4.91. The van der Waals surface area contributed by atoms with Gasteiger partial charge in [0, 0.05) is 25.7 Å². The second-order valence-electron chi connectivity index (χ2n) is 3.87. The van der Waals surface area contributed by atoms with E-state index in [1.165, 1.54) is 0 Å². The van der Waals surface area contributed by atoms with Crippen LogP contribution < -0.4 is 5.73 Å². The first-order valence-corrected chi connectivity index (χ1v) is 5.28. The van der Waals surface area contributed by atoms with E-state index in [1.807, 2.05) is 11.8 Å². The molecular formula is C10H16N4O. The molecule has 0 spiro atoms. The lowest BCUT2D eigenvalue weighted by atomic mass is 10.0. The van der Waals surface area contributed by atoms with Crippen LogP contribution in [0.3, 0.4) is 0 Å². The Morgan fingerprint density at radius 1 is 1.67 bits per heavy atom. The summed E-state index contributed by atoms with van der Waals surface area (Å²) < 4.78 is 1.81. The van der Waals surface area contributed by atoms with Crippen LogP contribution in [0.25, 0.3) is 0 Å². The van der Waals surface area contributed by atoms with Gasteiger partial charge in [0.25, 0.3) is 0 Å². The van der Waals surface area contributed by atoms with Crippen molar-refractivity contribution in [2.24, 2.45) is 0 Å². The standard InChI is InChI=1S/C10H16N4O/c1-2-13-4-3-9(5-10(13)15)14-7-8(11)6-12-14/h6-7,9H,2-5,11H2,1H3. The highest BCUT2D eigenvalue weighted by molar-refractivity contribution is 5.77. The second-order valence-corrected chi connectivity index (χ2v) is 3.87. The van der Waals surface area contributed by atoms with Crippen molar-refractivity contribution >= 4 is 11.6 Å². The van der Waals surface area contributed by atoms with Gasteiger partial charge in [0.15, 0.2) is 0 Å². The highest BCUT2D eigenvalue weighted by Gasteiger charge is 2.26. The number of hydrogen-bond acceptors (Lipinski definition) is 3. The Labute approximate surface area is 88.8 Å². The molecule has 5 nitrogen and oxygen atoms in total. The predicted molar refractivity (Wildman–Crippen MR) is 57.2 cm³/mol. The number of rotatable bonds is 2. The van der Waals surface area contributed by atoms with E-state index in [9.17, 15) is 4.79 Å². The minimum atomic E-state index is 0.178. The number of hydrogen-bond donors (Lipinski definition) is 1. The third kappa shape index (κ3) is 1.95. The lowest BCUT2D eigenvalue weighted by Gasteiger charge is -2.30. The molecule has 5 heteroatoms. The molecule has 1 unspecified atom stereocenters. The maximum Gasteiger partial charge on any atom is 0.224 e. The van der Waals surface area contributed by atoms with E-state index in [4.69, 9.17) is 5.73 Å². The summed E-state index contributed by atoms with van der Waals surface area (Å²) >= 11 is 0. The molecule has 0 aromatic carbocycles. The molecule has 2 N–H and O–H groups in total. The first kappa shape index (κ1) is 10.0. The molecule has 2 rings (SSSR count). The van der Waals surface area contributed by atoms with Gasteiger partial charge in [-0.05, 0) is 13.3 Å². The third-order valence-corrected chi connectivity index (χ3v) is 2.87. The number of nitrogen functional groups attached to an aromatic ring is 1. The number of carbonyl (C=O) groups is 1. The van der Waals surface area contributed by atoms with E-state index in [0.717, 1.165) is 19.5 Å². The molecule has 1 aromatic heterocycles.